The Kier molecular flexibility index (Phi) is 6.46. The van der Waals surface area contributed by atoms with Crippen LogP contribution in [0.25, 0.3) is 10.8 Å². The molecule has 3 aromatic rings. The molecule has 0 radical (unpaired) electrons. The Hall–Kier alpha value is -3.68. The van der Waals surface area contributed by atoms with Crippen LogP contribution < -0.4 is 15.6 Å². The molecule has 30 heavy (non-hydrogen) atoms. The molecule has 3 rings (SSSR count). The third-order valence-corrected chi connectivity index (χ3v) is 4.67. The first kappa shape index (κ1) is 21.0. The first-order valence-corrected chi connectivity index (χ1v) is 9.62. The molecule has 0 unspecified atom stereocenters. The second kappa shape index (κ2) is 9.21. The molecule has 8 nitrogen and oxygen atoms in total. The molecule has 1 aromatic heterocycles. The van der Waals surface area contributed by atoms with Crippen LogP contribution in [-0.4, -0.2) is 47.2 Å². The molecule has 0 aliphatic heterocycles. The molecule has 0 aliphatic rings. The first-order chi connectivity index (χ1) is 14.4. The molecule has 2 aromatic carbocycles. The lowest BCUT2D eigenvalue weighted by molar-refractivity contribution is -0.131. The number of carbonyl (C=O) groups excluding carboxylic acids is 2. The molecule has 0 fully saturated rings. The minimum Gasteiger partial charge on any atom is -0.494 e. The summed E-state index contributed by atoms with van der Waals surface area (Å²) < 4.78 is 6.47. The zero-order valence-corrected chi connectivity index (χ0v) is 17.2. The summed E-state index contributed by atoms with van der Waals surface area (Å²) in [7, 11) is 3.15. The highest BCUT2D eigenvalue weighted by molar-refractivity contribution is 6.04. The SMILES string of the molecule is CCOc1ccc(CN(C)C(=O)Cn2nc(C(=O)NC)c3ccccc3c2=O)cc1. The average Bonchev–Trinajstić information content (AvgIpc) is 2.76. The summed E-state index contributed by atoms with van der Waals surface area (Å²) in [6.45, 7) is 2.61. The van der Waals surface area contributed by atoms with E-state index in [-0.39, 0.29) is 18.1 Å². The van der Waals surface area contributed by atoms with Gasteiger partial charge in [0.15, 0.2) is 5.69 Å². The van der Waals surface area contributed by atoms with E-state index in [1.54, 1.807) is 31.3 Å². The molecule has 8 heteroatoms. The number of ether oxygens (including phenoxy) is 1. The van der Waals surface area contributed by atoms with Crippen molar-refractivity contribution < 1.29 is 14.3 Å². The lowest BCUT2D eigenvalue weighted by Gasteiger charge is -2.18. The van der Waals surface area contributed by atoms with E-state index in [0.717, 1.165) is 16.0 Å². The van der Waals surface area contributed by atoms with Crippen LogP contribution in [0.15, 0.2) is 53.3 Å². The minimum absolute atomic E-state index is 0.106. The van der Waals surface area contributed by atoms with Crippen molar-refractivity contribution in [2.75, 3.05) is 20.7 Å². The Balaban J connectivity index is 1.82. The monoisotopic (exact) mass is 408 g/mol. The largest absolute Gasteiger partial charge is 0.494 e. The summed E-state index contributed by atoms with van der Waals surface area (Å²) in [4.78, 5) is 39.3. The summed E-state index contributed by atoms with van der Waals surface area (Å²) in [6, 6.07) is 14.2. The Bertz CT molecular complexity index is 1120. The van der Waals surface area contributed by atoms with Crippen LogP contribution >= 0.6 is 0 Å². The number of likely N-dealkylation sites (N-methyl/N-ethyl adjacent to an activating group) is 1. The lowest BCUT2D eigenvalue weighted by atomic mass is 10.1. The van der Waals surface area contributed by atoms with Gasteiger partial charge in [-0.15, -0.1) is 0 Å². The zero-order chi connectivity index (χ0) is 21.7. The fraction of sp³-hybridized carbons (Fsp3) is 0.273. The van der Waals surface area contributed by atoms with Crippen molar-refractivity contribution in [1.82, 2.24) is 20.0 Å². The van der Waals surface area contributed by atoms with Crippen molar-refractivity contribution in [3.05, 3.63) is 70.1 Å². The van der Waals surface area contributed by atoms with Crippen molar-refractivity contribution >= 4 is 22.6 Å². The second-order valence-corrected chi connectivity index (χ2v) is 6.76. The van der Waals surface area contributed by atoms with Crippen molar-refractivity contribution in [2.24, 2.45) is 0 Å². The van der Waals surface area contributed by atoms with Gasteiger partial charge in [-0.3, -0.25) is 14.4 Å². The Morgan fingerprint density at radius 3 is 2.40 bits per heavy atom. The average molecular weight is 408 g/mol. The van der Waals surface area contributed by atoms with Crippen LogP contribution in [0.1, 0.15) is 23.0 Å². The number of nitrogens with zero attached hydrogens (tertiary/aromatic N) is 3. The smallest absolute Gasteiger partial charge is 0.275 e. The lowest BCUT2D eigenvalue weighted by Crippen LogP contribution is -2.36. The Labute approximate surface area is 174 Å². The maximum Gasteiger partial charge on any atom is 0.275 e. The van der Waals surface area contributed by atoms with E-state index < -0.39 is 11.5 Å². The van der Waals surface area contributed by atoms with Gasteiger partial charge in [-0.25, -0.2) is 4.68 Å². The molecule has 1 N–H and O–H groups in total. The van der Waals surface area contributed by atoms with E-state index in [1.807, 2.05) is 31.2 Å². The molecule has 0 atom stereocenters. The van der Waals surface area contributed by atoms with Crippen LogP contribution in [-0.2, 0) is 17.9 Å². The predicted molar refractivity (Wildman–Crippen MR) is 113 cm³/mol. The number of benzene rings is 2. The number of hydrogen-bond donors (Lipinski definition) is 1. The number of rotatable bonds is 7. The third kappa shape index (κ3) is 4.48. The molecular formula is C22H24N4O4. The van der Waals surface area contributed by atoms with Crippen molar-refractivity contribution in [3.63, 3.8) is 0 Å². The van der Waals surface area contributed by atoms with E-state index in [0.29, 0.717) is 23.9 Å². The molecule has 1 heterocycles. The number of fused-ring (bicyclic) bond motifs is 1. The van der Waals surface area contributed by atoms with Gasteiger partial charge in [0.2, 0.25) is 5.91 Å². The van der Waals surface area contributed by atoms with Gasteiger partial charge in [0.25, 0.3) is 11.5 Å². The van der Waals surface area contributed by atoms with Gasteiger partial charge < -0.3 is 15.0 Å². The maximum absolute atomic E-state index is 12.8. The quantitative estimate of drug-likeness (QED) is 0.644. The summed E-state index contributed by atoms with van der Waals surface area (Å²) in [5.74, 6) is 0.0515. The highest BCUT2D eigenvalue weighted by atomic mass is 16.5. The summed E-state index contributed by atoms with van der Waals surface area (Å²) >= 11 is 0. The Morgan fingerprint density at radius 1 is 1.10 bits per heavy atom. The van der Waals surface area contributed by atoms with Crippen LogP contribution in [0.4, 0.5) is 0 Å². The minimum atomic E-state index is -0.421. The molecule has 0 saturated carbocycles. The van der Waals surface area contributed by atoms with Crippen molar-refractivity contribution in [2.45, 2.75) is 20.0 Å². The number of aromatic nitrogens is 2. The zero-order valence-electron chi connectivity index (χ0n) is 17.2. The molecule has 0 saturated heterocycles. The van der Waals surface area contributed by atoms with Gasteiger partial charge in [0.05, 0.1) is 12.0 Å². The molecule has 0 spiro atoms. The molecule has 0 bridgehead atoms. The van der Waals surface area contributed by atoms with Crippen LogP contribution in [0.5, 0.6) is 5.75 Å². The van der Waals surface area contributed by atoms with Gasteiger partial charge >= 0.3 is 0 Å². The van der Waals surface area contributed by atoms with E-state index in [4.69, 9.17) is 4.74 Å². The van der Waals surface area contributed by atoms with Gasteiger partial charge in [-0.1, -0.05) is 30.3 Å². The van der Waals surface area contributed by atoms with Crippen molar-refractivity contribution in [1.29, 1.82) is 0 Å². The Morgan fingerprint density at radius 2 is 1.77 bits per heavy atom. The normalized spacial score (nSPS) is 10.6. The highest BCUT2D eigenvalue weighted by Crippen LogP contribution is 2.15. The fourth-order valence-electron chi connectivity index (χ4n) is 3.10. The molecular weight excluding hydrogens is 384 g/mol. The van der Waals surface area contributed by atoms with Gasteiger partial charge in [-0.05, 0) is 30.7 Å². The second-order valence-electron chi connectivity index (χ2n) is 6.76. The van der Waals surface area contributed by atoms with Crippen molar-refractivity contribution in [3.8, 4) is 5.75 Å². The van der Waals surface area contributed by atoms with Crippen LogP contribution in [0, 0.1) is 0 Å². The highest BCUT2D eigenvalue weighted by Gasteiger charge is 2.18. The summed E-state index contributed by atoms with van der Waals surface area (Å²) in [5, 5.41) is 7.47. The van der Waals surface area contributed by atoms with Crippen LogP contribution in [0.3, 0.4) is 0 Å². The summed E-state index contributed by atoms with van der Waals surface area (Å²) in [6.07, 6.45) is 0. The molecule has 2 amide bonds. The van der Waals surface area contributed by atoms with E-state index in [9.17, 15) is 14.4 Å². The predicted octanol–water partition coefficient (Wildman–Crippen LogP) is 1.81. The van der Waals surface area contributed by atoms with E-state index in [2.05, 4.69) is 10.4 Å². The topological polar surface area (TPSA) is 93.5 Å². The van der Waals surface area contributed by atoms with E-state index >= 15 is 0 Å². The third-order valence-electron chi connectivity index (χ3n) is 4.67. The van der Waals surface area contributed by atoms with Crippen LogP contribution in [0.2, 0.25) is 0 Å². The number of nitrogens with one attached hydrogen (secondary N) is 1. The number of amides is 2. The fourth-order valence-corrected chi connectivity index (χ4v) is 3.10. The summed E-state index contributed by atoms with van der Waals surface area (Å²) in [5.41, 5.74) is 0.620. The standard InChI is InChI=1S/C22H24N4O4/c1-4-30-16-11-9-15(10-12-16)13-25(3)19(27)14-26-22(29)18-8-6-5-7-17(18)20(24-26)21(28)23-2/h5-12H,4,13-14H2,1-3H3,(H,23,28). The first-order valence-electron chi connectivity index (χ1n) is 9.62. The van der Waals surface area contributed by atoms with Gasteiger partial charge in [-0.2, -0.15) is 5.10 Å². The molecule has 0 aliphatic carbocycles. The molecule has 156 valence electrons. The van der Waals surface area contributed by atoms with E-state index in [1.165, 1.54) is 11.9 Å². The number of carbonyl (C=O) groups is 2. The van der Waals surface area contributed by atoms with Gasteiger partial charge in [0.1, 0.15) is 12.3 Å². The maximum atomic E-state index is 12.8. The van der Waals surface area contributed by atoms with Gasteiger partial charge in [0, 0.05) is 26.0 Å². The number of hydrogen-bond acceptors (Lipinski definition) is 5.